The highest BCUT2D eigenvalue weighted by Crippen LogP contribution is 2.20. The molecule has 21 heavy (non-hydrogen) atoms. The van der Waals surface area contributed by atoms with E-state index < -0.39 is 11.6 Å². The molecule has 1 heterocycles. The maximum absolute atomic E-state index is 10.8. The smallest absolute Gasteiger partial charge is 0.270 e. The Labute approximate surface area is 123 Å². The van der Waals surface area contributed by atoms with Gasteiger partial charge in [0, 0.05) is 31.9 Å². The number of hydrogen-bond donors (Lipinski definition) is 3. The molecule has 0 spiro atoms. The highest BCUT2D eigenvalue weighted by molar-refractivity contribution is 6.65. The summed E-state index contributed by atoms with van der Waals surface area (Å²) in [6.45, 7) is 4.08. The van der Waals surface area contributed by atoms with Crippen LogP contribution in [0.25, 0.3) is 0 Å². The minimum atomic E-state index is -0.884. The molecule has 1 saturated heterocycles. The number of likely N-dealkylation sites (N-methyl/N-ethyl adjacent to an activating group) is 1. The number of primary amides is 1. The van der Waals surface area contributed by atoms with Gasteiger partial charge in [0.25, 0.3) is 5.91 Å². The number of nitrogens with one attached hydrogen (secondary N) is 1. The molecular weight excluding hydrogens is 268 g/mol. The van der Waals surface area contributed by atoms with Crippen molar-refractivity contribution in [1.29, 1.82) is 5.41 Å². The maximum atomic E-state index is 10.8. The van der Waals surface area contributed by atoms with Gasteiger partial charge in [-0.05, 0) is 31.3 Å². The molecule has 0 aromatic heterocycles. The van der Waals surface area contributed by atoms with Gasteiger partial charge in [0.05, 0.1) is 5.69 Å². The number of amidine groups is 1. The van der Waals surface area contributed by atoms with E-state index in [9.17, 15) is 4.79 Å². The van der Waals surface area contributed by atoms with Crippen molar-refractivity contribution in [1.82, 2.24) is 4.90 Å². The first-order valence-electron chi connectivity index (χ1n) is 6.74. The summed E-state index contributed by atoms with van der Waals surface area (Å²) in [5.41, 5.74) is 11.8. The van der Waals surface area contributed by atoms with E-state index in [1.54, 1.807) is 0 Å². The number of piperazine rings is 1. The minimum absolute atomic E-state index is 0.171. The predicted molar refractivity (Wildman–Crippen MR) is 84.4 cm³/mol. The number of carbonyl (C=O) groups is 1. The second kappa shape index (κ2) is 6.36. The number of benzene rings is 1. The van der Waals surface area contributed by atoms with Crippen molar-refractivity contribution < 1.29 is 4.79 Å². The second-order valence-corrected chi connectivity index (χ2v) is 5.04. The average Bonchev–Trinajstić information content (AvgIpc) is 2.48. The Morgan fingerprint density at radius 2 is 1.71 bits per heavy atom. The molecule has 0 bridgehead atoms. The second-order valence-electron chi connectivity index (χ2n) is 5.04. The van der Waals surface area contributed by atoms with Crippen LogP contribution >= 0.6 is 0 Å². The van der Waals surface area contributed by atoms with Gasteiger partial charge in [-0.2, -0.15) is 0 Å². The van der Waals surface area contributed by atoms with Gasteiger partial charge in [-0.25, -0.2) is 4.99 Å². The fourth-order valence-electron chi connectivity index (χ4n) is 2.12. The average molecular weight is 288 g/mol. The van der Waals surface area contributed by atoms with E-state index in [2.05, 4.69) is 21.8 Å². The normalized spacial score (nSPS) is 16.8. The third-order valence-electron chi connectivity index (χ3n) is 3.47. The Bertz CT molecular complexity index is 557. The number of carbonyl (C=O) groups excluding carboxylic acids is 1. The summed E-state index contributed by atoms with van der Waals surface area (Å²) >= 11 is 0. The first-order chi connectivity index (χ1) is 9.97. The topological polar surface area (TPSA) is 112 Å². The lowest BCUT2D eigenvalue weighted by Gasteiger charge is -2.34. The summed E-state index contributed by atoms with van der Waals surface area (Å²) in [4.78, 5) is 19.5. The van der Waals surface area contributed by atoms with Crippen molar-refractivity contribution in [2.45, 2.75) is 0 Å². The molecule has 1 fully saturated rings. The quantitative estimate of drug-likeness (QED) is 0.532. The Morgan fingerprint density at radius 1 is 1.14 bits per heavy atom. The molecular formula is C14H20N6O. The van der Waals surface area contributed by atoms with Gasteiger partial charge >= 0.3 is 0 Å². The summed E-state index contributed by atoms with van der Waals surface area (Å²) in [6.07, 6.45) is 0. The van der Waals surface area contributed by atoms with Crippen molar-refractivity contribution >= 4 is 28.8 Å². The van der Waals surface area contributed by atoms with Gasteiger partial charge in [0.2, 0.25) is 0 Å². The largest absolute Gasteiger partial charge is 0.382 e. The van der Waals surface area contributed by atoms with Crippen LogP contribution in [0.15, 0.2) is 29.3 Å². The molecule has 1 amide bonds. The van der Waals surface area contributed by atoms with Crippen LogP contribution in [0.2, 0.25) is 0 Å². The van der Waals surface area contributed by atoms with E-state index in [0.717, 1.165) is 31.9 Å². The zero-order valence-electron chi connectivity index (χ0n) is 12.0. The number of rotatable bonds is 4. The van der Waals surface area contributed by atoms with Gasteiger partial charge in [-0.15, -0.1) is 0 Å². The highest BCUT2D eigenvalue weighted by atomic mass is 16.1. The van der Waals surface area contributed by atoms with Crippen LogP contribution in [0, 0.1) is 5.41 Å². The van der Waals surface area contributed by atoms with Gasteiger partial charge in [-0.3, -0.25) is 10.2 Å². The van der Waals surface area contributed by atoms with Crippen LogP contribution in [0.5, 0.6) is 0 Å². The van der Waals surface area contributed by atoms with Crippen LogP contribution in [-0.4, -0.2) is 55.6 Å². The molecule has 7 heteroatoms. The molecule has 0 unspecified atom stereocenters. The molecule has 0 aliphatic carbocycles. The molecule has 0 radical (unpaired) electrons. The van der Waals surface area contributed by atoms with Crippen molar-refractivity contribution in [3.8, 4) is 0 Å². The Hall–Kier alpha value is -2.41. The summed E-state index contributed by atoms with van der Waals surface area (Å²) in [7, 11) is 2.12. The lowest BCUT2D eigenvalue weighted by molar-refractivity contribution is -0.111. The van der Waals surface area contributed by atoms with E-state index >= 15 is 0 Å². The lowest BCUT2D eigenvalue weighted by Crippen LogP contribution is -2.44. The zero-order valence-corrected chi connectivity index (χ0v) is 12.0. The van der Waals surface area contributed by atoms with Crippen LogP contribution in [-0.2, 0) is 4.79 Å². The van der Waals surface area contributed by atoms with Crippen molar-refractivity contribution in [2.75, 3.05) is 38.1 Å². The Kier molecular flexibility index (Phi) is 4.54. The number of nitrogens with zero attached hydrogens (tertiary/aromatic N) is 3. The Morgan fingerprint density at radius 3 is 2.24 bits per heavy atom. The fourth-order valence-corrected chi connectivity index (χ4v) is 2.12. The first kappa shape index (κ1) is 15.0. The van der Waals surface area contributed by atoms with Crippen molar-refractivity contribution in [2.24, 2.45) is 16.5 Å². The van der Waals surface area contributed by atoms with Gasteiger partial charge < -0.3 is 21.3 Å². The number of nitrogens with two attached hydrogens (primary N) is 2. The molecule has 7 nitrogen and oxygen atoms in total. The van der Waals surface area contributed by atoms with E-state index in [1.807, 2.05) is 24.3 Å². The fraction of sp³-hybridized carbons (Fsp3) is 0.357. The van der Waals surface area contributed by atoms with Crippen LogP contribution < -0.4 is 16.4 Å². The lowest BCUT2D eigenvalue weighted by atomic mass is 10.2. The number of anilines is 1. The first-order valence-corrected chi connectivity index (χ1v) is 6.74. The molecule has 1 aromatic carbocycles. The standard InChI is InChI=1S/C14H20N6O/c1-19-6-8-20(9-7-19)11-4-2-10(3-5-11)18-13(16)12(15)14(17)21/h2-5,15H,6-9H2,1H3,(H2,16,18)(H2,17,21). The number of hydrogen-bond acceptors (Lipinski definition) is 5. The van der Waals surface area contributed by atoms with Crippen molar-refractivity contribution in [3.05, 3.63) is 24.3 Å². The van der Waals surface area contributed by atoms with Crippen LogP contribution in [0.4, 0.5) is 11.4 Å². The van der Waals surface area contributed by atoms with Gasteiger partial charge in [0.1, 0.15) is 0 Å². The minimum Gasteiger partial charge on any atom is -0.382 e. The summed E-state index contributed by atoms with van der Waals surface area (Å²) in [5, 5.41) is 7.38. The summed E-state index contributed by atoms with van der Waals surface area (Å²) in [6, 6.07) is 7.56. The third-order valence-corrected chi connectivity index (χ3v) is 3.47. The molecule has 1 aliphatic rings. The SMILES string of the molecule is CN1CCN(c2ccc(N=C(N)C(=N)C(N)=O)cc2)CC1. The van der Waals surface area contributed by atoms with Gasteiger partial charge in [0.15, 0.2) is 11.5 Å². The van der Waals surface area contributed by atoms with Gasteiger partial charge in [-0.1, -0.05) is 0 Å². The summed E-state index contributed by atoms with van der Waals surface area (Å²) < 4.78 is 0. The van der Waals surface area contributed by atoms with E-state index in [0.29, 0.717) is 5.69 Å². The number of aliphatic imine (C=N–C) groups is 1. The highest BCUT2D eigenvalue weighted by Gasteiger charge is 2.14. The van der Waals surface area contributed by atoms with E-state index in [1.165, 1.54) is 0 Å². The maximum Gasteiger partial charge on any atom is 0.270 e. The molecule has 1 aliphatic heterocycles. The molecule has 112 valence electrons. The van der Waals surface area contributed by atoms with Crippen molar-refractivity contribution in [3.63, 3.8) is 0 Å². The van der Waals surface area contributed by atoms with Crippen LogP contribution in [0.1, 0.15) is 0 Å². The monoisotopic (exact) mass is 288 g/mol. The zero-order chi connectivity index (χ0) is 15.4. The Balaban J connectivity index is 2.07. The summed E-state index contributed by atoms with van der Waals surface area (Å²) in [5.74, 6) is -1.06. The van der Waals surface area contributed by atoms with E-state index in [-0.39, 0.29) is 5.84 Å². The third kappa shape index (κ3) is 3.79. The molecule has 0 atom stereocenters. The molecule has 5 N–H and O–H groups in total. The molecule has 2 rings (SSSR count). The molecule has 1 aromatic rings. The number of amides is 1. The van der Waals surface area contributed by atoms with E-state index in [4.69, 9.17) is 16.9 Å². The predicted octanol–water partition coefficient (Wildman–Crippen LogP) is -0.0678. The molecule has 0 saturated carbocycles. The van der Waals surface area contributed by atoms with Crippen LogP contribution in [0.3, 0.4) is 0 Å².